The molecule has 0 spiro atoms. The number of Topliss-reactive ketones (excluding diaryl/α,β-unsaturated/α-hetero) is 1. The summed E-state index contributed by atoms with van der Waals surface area (Å²) in [6.07, 6.45) is 3.81. The van der Waals surface area contributed by atoms with Gasteiger partial charge in [0.25, 0.3) is 0 Å². The predicted molar refractivity (Wildman–Crippen MR) is 86.3 cm³/mol. The van der Waals surface area contributed by atoms with E-state index in [1.165, 1.54) is 25.0 Å². The molecule has 0 aromatic heterocycles. The van der Waals surface area contributed by atoms with Gasteiger partial charge in [-0.3, -0.25) is 4.79 Å². The van der Waals surface area contributed by atoms with Gasteiger partial charge in [-0.2, -0.15) is 11.8 Å². The number of ketones is 1. The maximum atomic E-state index is 12.3. The van der Waals surface area contributed by atoms with Crippen LogP contribution in [0, 0.1) is 0 Å². The van der Waals surface area contributed by atoms with Gasteiger partial charge >= 0.3 is 0 Å². The zero-order valence-electron chi connectivity index (χ0n) is 12.2. The van der Waals surface area contributed by atoms with Crippen LogP contribution in [-0.2, 0) is 10.0 Å². The van der Waals surface area contributed by atoms with Gasteiger partial charge in [0.2, 0.25) is 10.0 Å². The van der Waals surface area contributed by atoms with Crippen LogP contribution in [0.5, 0.6) is 0 Å². The lowest BCUT2D eigenvalue weighted by molar-refractivity contribution is 0.0988. The monoisotopic (exact) mass is 327 g/mol. The number of hydrogen-bond acceptors (Lipinski definition) is 4. The number of sulfonamides is 1. The van der Waals surface area contributed by atoms with Crippen molar-refractivity contribution in [2.24, 2.45) is 0 Å². The van der Waals surface area contributed by atoms with Crippen LogP contribution in [0.1, 0.15) is 43.0 Å². The first-order valence-electron chi connectivity index (χ1n) is 7.27. The van der Waals surface area contributed by atoms with Crippen LogP contribution in [0.4, 0.5) is 0 Å². The van der Waals surface area contributed by atoms with Crippen LogP contribution in [0.15, 0.2) is 29.2 Å². The second-order valence-electron chi connectivity index (χ2n) is 5.15. The van der Waals surface area contributed by atoms with Crippen molar-refractivity contribution in [3.8, 4) is 0 Å². The Balaban J connectivity index is 2.06. The Morgan fingerprint density at radius 2 is 2.19 bits per heavy atom. The Morgan fingerprint density at radius 1 is 1.38 bits per heavy atom. The number of carbonyl (C=O) groups excluding carboxylic acids is 1. The summed E-state index contributed by atoms with van der Waals surface area (Å²) >= 11 is 1.83. The van der Waals surface area contributed by atoms with E-state index in [-0.39, 0.29) is 10.7 Å². The summed E-state index contributed by atoms with van der Waals surface area (Å²) in [6.45, 7) is 2.22. The van der Waals surface area contributed by atoms with Crippen molar-refractivity contribution in [3.05, 3.63) is 29.8 Å². The highest BCUT2D eigenvalue weighted by molar-refractivity contribution is 8.00. The zero-order chi connectivity index (χ0) is 15.3. The highest BCUT2D eigenvalue weighted by Crippen LogP contribution is 2.24. The van der Waals surface area contributed by atoms with Gasteiger partial charge in [-0.25, -0.2) is 13.1 Å². The fourth-order valence-corrected chi connectivity index (χ4v) is 4.77. The van der Waals surface area contributed by atoms with Crippen molar-refractivity contribution in [1.29, 1.82) is 0 Å². The number of carbonyl (C=O) groups is 1. The summed E-state index contributed by atoms with van der Waals surface area (Å²) in [5.41, 5.74) is 0.451. The second-order valence-corrected chi connectivity index (χ2v) is 8.32. The van der Waals surface area contributed by atoms with Crippen molar-refractivity contribution in [2.45, 2.75) is 42.8 Å². The molecule has 1 aromatic rings. The Bertz CT molecular complexity index is 593. The van der Waals surface area contributed by atoms with Gasteiger partial charge < -0.3 is 0 Å². The summed E-state index contributed by atoms with van der Waals surface area (Å²) in [7, 11) is -3.54. The van der Waals surface area contributed by atoms with E-state index in [0.717, 1.165) is 12.2 Å². The molecule has 1 fully saturated rings. The summed E-state index contributed by atoms with van der Waals surface area (Å²) in [5, 5.41) is 0.356. The Kier molecular flexibility index (Phi) is 5.84. The Morgan fingerprint density at radius 3 is 2.86 bits per heavy atom. The molecule has 6 heteroatoms. The van der Waals surface area contributed by atoms with E-state index >= 15 is 0 Å². The number of nitrogens with one attached hydrogen (secondary N) is 1. The topological polar surface area (TPSA) is 63.2 Å². The van der Waals surface area contributed by atoms with Crippen molar-refractivity contribution >= 4 is 27.6 Å². The number of thioether (sulfide) groups is 1. The molecule has 0 amide bonds. The molecule has 0 radical (unpaired) electrons. The summed E-state index contributed by atoms with van der Waals surface area (Å²) < 4.78 is 27.3. The Labute approximate surface area is 130 Å². The lowest BCUT2D eigenvalue weighted by atomic mass is 10.1. The highest BCUT2D eigenvalue weighted by atomic mass is 32.2. The number of rotatable bonds is 6. The van der Waals surface area contributed by atoms with E-state index in [0.29, 0.717) is 23.8 Å². The molecule has 0 aliphatic carbocycles. The van der Waals surface area contributed by atoms with E-state index in [1.807, 2.05) is 11.8 Å². The number of benzene rings is 1. The SMILES string of the molecule is CCC(=O)c1cccc(S(=O)(=O)NCC2CCCCS2)c1. The fourth-order valence-electron chi connectivity index (χ4n) is 2.30. The average Bonchev–Trinajstić information content (AvgIpc) is 2.53. The minimum Gasteiger partial charge on any atom is -0.294 e. The molecule has 2 rings (SSSR count). The number of hydrogen-bond donors (Lipinski definition) is 1. The van der Waals surface area contributed by atoms with E-state index < -0.39 is 10.0 Å². The smallest absolute Gasteiger partial charge is 0.240 e. The largest absolute Gasteiger partial charge is 0.294 e. The third-order valence-electron chi connectivity index (χ3n) is 3.56. The molecule has 1 aliphatic heterocycles. The molecule has 1 heterocycles. The van der Waals surface area contributed by atoms with Gasteiger partial charge in [-0.1, -0.05) is 25.5 Å². The highest BCUT2D eigenvalue weighted by Gasteiger charge is 2.19. The lowest BCUT2D eigenvalue weighted by Gasteiger charge is -2.21. The van der Waals surface area contributed by atoms with Gasteiger partial charge in [-0.15, -0.1) is 0 Å². The van der Waals surface area contributed by atoms with Crippen LogP contribution in [0.25, 0.3) is 0 Å². The van der Waals surface area contributed by atoms with E-state index in [4.69, 9.17) is 0 Å². The Hall–Kier alpha value is -0.850. The van der Waals surface area contributed by atoms with Gasteiger partial charge in [0, 0.05) is 23.8 Å². The average molecular weight is 327 g/mol. The molecule has 1 saturated heterocycles. The minimum absolute atomic E-state index is 0.0464. The van der Waals surface area contributed by atoms with Crippen LogP contribution in [-0.4, -0.2) is 31.7 Å². The molecule has 4 nitrogen and oxygen atoms in total. The molecule has 1 aromatic carbocycles. The summed E-state index contributed by atoms with van der Waals surface area (Å²) in [6, 6.07) is 6.26. The molecule has 116 valence electrons. The molecule has 0 saturated carbocycles. The fraction of sp³-hybridized carbons (Fsp3) is 0.533. The first-order valence-corrected chi connectivity index (χ1v) is 9.80. The first kappa shape index (κ1) is 16.5. The van der Waals surface area contributed by atoms with Crippen LogP contribution in [0.3, 0.4) is 0 Å². The molecule has 21 heavy (non-hydrogen) atoms. The van der Waals surface area contributed by atoms with Crippen molar-refractivity contribution in [2.75, 3.05) is 12.3 Å². The van der Waals surface area contributed by atoms with Crippen molar-refractivity contribution in [3.63, 3.8) is 0 Å². The van der Waals surface area contributed by atoms with Crippen molar-refractivity contribution in [1.82, 2.24) is 4.72 Å². The first-order chi connectivity index (χ1) is 10.0. The normalized spacial score (nSPS) is 19.4. The molecular formula is C15H21NO3S2. The van der Waals surface area contributed by atoms with Gasteiger partial charge in [0.05, 0.1) is 4.90 Å². The van der Waals surface area contributed by atoms with Gasteiger partial charge in [0.1, 0.15) is 0 Å². The molecular weight excluding hydrogens is 306 g/mol. The summed E-state index contributed by atoms with van der Waals surface area (Å²) in [5.74, 6) is 1.06. The van der Waals surface area contributed by atoms with Crippen LogP contribution >= 0.6 is 11.8 Å². The molecule has 1 unspecified atom stereocenters. The second kappa shape index (κ2) is 7.42. The maximum Gasteiger partial charge on any atom is 0.240 e. The van der Waals surface area contributed by atoms with Crippen LogP contribution < -0.4 is 4.72 Å². The quantitative estimate of drug-likeness (QED) is 0.816. The lowest BCUT2D eigenvalue weighted by Crippen LogP contribution is -2.32. The van der Waals surface area contributed by atoms with Gasteiger partial charge in [0.15, 0.2) is 5.78 Å². The van der Waals surface area contributed by atoms with E-state index in [9.17, 15) is 13.2 Å². The van der Waals surface area contributed by atoms with Gasteiger partial charge in [-0.05, 0) is 30.7 Å². The molecule has 1 atom stereocenters. The van der Waals surface area contributed by atoms with E-state index in [1.54, 1.807) is 19.1 Å². The van der Waals surface area contributed by atoms with E-state index in [2.05, 4.69) is 4.72 Å². The third kappa shape index (κ3) is 4.56. The van der Waals surface area contributed by atoms with Crippen LogP contribution in [0.2, 0.25) is 0 Å². The molecule has 1 N–H and O–H groups in total. The predicted octanol–water partition coefficient (Wildman–Crippen LogP) is 2.84. The molecule has 1 aliphatic rings. The maximum absolute atomic E-state index is 12.3. The molecule has 0 bridgehead atoms. The minimum atomic E-state index is -3.54. The summed E-state index contributed by atoms with van der Waals surface area (Å²) in [4.78, 5) is 11.8. The zero-order valence-corrected chi connectivity index (χ0v) is 13.8. The van der Waals surface area contributed by atoms with Crippen molar-refractivity contribution < 1.29 is 13.2 Å². The standard InChI is InChI=1S/C15H21NO3S2/c1-2-15(17)12-6-5-8-14(10-12)21(18,19)16-11-13-7-3-4-9-20-13/h5-6,8,10,13,16H,2-4,7,9,11H2,1H3. The third-order valence-corrected chi connectivity index (χ3v) is 6.38.